The van der Waals surface area contributed by atoms with Crippen molar-refractivity contribution in [2.45, 2.75) is 43.2 Å². The van der Waals surface area contributed by atoms with Crippen LogP contribution in [-0.4, -0.2) is 60.8 Å². The number of likely N-dealkylation sites (tertiary alicyclic amines) is 1. The van der Waals surface area contributed by atoms with Gasteiger partial charge in [-0.05, 0) is 57.0 Å². The molecule has 172 valence electrons. The highest BCUT2D eigenvalue weighted by Crippen LogP contribution is 2.49. The molecule has 0 spiro atoms. The van der Waals surface area contributed by atoms with E-state index in [1.165, 1.54) is 11.6 Å². The highest BCUT2D eigenvalue weighted by molar-refractivity contribution is 6.33. The minimum atomic E-state index is -0.368. The van der Waals surface area contributed by atoms with Gasteiger partial charge in [-0.25, -0.2) is 14.8 Å². The van der Waals surface area contributed by atoms with Gasteiger partial charge in [0.05, 0.1) is 14.2 Å². The molecule has 2 N–H and O–H groups in total. The molecule has 2 aliphatic rings. The topological polar surface area (TPSA) is 88.6 Å². The van der Waals surface area contributed by atoms with Gasteiger partial charge in [0, 0.05) is 23.6 Å². The van der Waals surface area contributed by atoms with Crippen LogP contribution in [0.5, 0.6) is 11.5 Å². The summed E-state index contributed by atoms with van der Waals surface area (Å²) in [7, 11) is 5.46. The van der Waals surface area contributed by atoms with Gasteiger partial charge in [0.15, 0.2) is 11.5 Å². The van der Waals surface area contributed by atoms with Crippen molar-refractivity contribution in [1.29, 1.82) is 0 Å². The first-order valence-electron chi connectivity index (χ1n) is 10.5. The number of methoxy groups -OCH3 is 2. The van der Waals surface area contributed by atoms with Gasteiger partial charge in [0.2, 0.25) is 5.95 Å². The molecule has 2 fully saturated rings. The summed E-state index contributed by atoms with van der Waals surface area (Å²) in [6, 6.07) is 7.61. The van der Waals surface area contributed by atoms with Gasteiger partial charge in [-0.1, -0.05) is 29.3 Å². The van der Waals surface area contributed by atoms with Gasteiger partial charge >= 0.3 is 6.03 Å². The molecule has 0 unspecified atom stereocenters. The van der Waals surface area contributed by atoms with Crippen LogP contribution in [-0.2, 0) is 5.41 Å². The Bertz CT molecular complexity index is 987. The Labute approximate surface area is 197 Å². The minimum Gasteiger partial charge on any atom is -0.493 e. The van der Waals surface area contributed by atoms with Crippen LogP contribution in [0.3, 0.4) is 0 Å². The van der Waals surface area contributed by atoms with Crippen LogP contribution in [0.25, 0.3) is 0 Å². The van der Waals surface area contributed by atoms with E-state index in [1.54, 1.807) is 14.2 Å². The lowest BCUT2D eigenvalue weighted by Gasteiger charge is -2.45. The average Bonchev–Trinajstić information content (AvgIpc) is 3.09. The SMILES string of the molecule is COc1ccc([C@@]23CC[C@@H](NC(=O)Nc4nc(Cl)cc(Cl)n4)C[C@@H]2N(C)CC3)cc1OC. The van der Waals surface area contributed by atoms with E-state index in [2.05, 4.69) is 44.7 Å². The Hall–Kier alpha value is -2.29. The molecule has 1 saturated carbocycles. The molecule has 2 aromatic rings. The number of ether oxygens (including phenoxy) is 2. The fourth-order valence-corrected chi connectivity index (χ4v) is 5.59. The Morgan fingerprint density at radius 1 is 1.12 bits per heavy atom. The number of benzene rings is 1. The molecule has 1 aromatic heterocycles. The first kappa shape index (κ1) is 22.9. The minimum absolute atomic E-state index is 0.0204. The number of nitrogens with zero attached hydrogens (tertiary/aromatic N) is 3. The molecular formula is C22H27Cl2N5O3. The van der Waals surface area contributed by atoms with Gasteiger partial charge in [-0.3, -0.25) is 5.32 Å². The van der Waals surface area contributed by atoms with Crippen LogP contribution in [0.15, 0.2) is 24.3 Å². The zero-order valence-electron chi connectivity index (χ0n) is 18.3. The molecule has 2 heterocycles. The molecule has 4 rings (SSSR count). The number of halogens is 2. The second-order valence-electron chi connectivity index (χ2n) is 8.38. The van der Waals surface area contributed by atoms with E-state index in [0.29, 0.717) is 6.04 Å². The van der Waals surface area contributed by atoms with Gasteiger partial charge in [0.1, 0.15) is 10.3 Å². The molecule has 8 nitrogen and oxygen atoms in total. The zero-order valence-corrected chi connectivity index (χ0v) is 19.8. The Morgan fingerprint density at radius 3 is 2.53 bits per heavy atom. The molecule has 10 heteroatoms. The van der Waals surface area contributed by atoms with E-state index in [4.69, 9.17) is 32.7 Å². The number of amides is 2. The second-order valence-corrected chi connectivity index (χ2v) is 9.15. The second kappa shape index (κ2) is 9.29. The molecule has 1 aliphatic heterocycles. The predicted octanol–water partition coefficient (Wildman–Crippen LogP) is 4.12. The number of hydrogen-bond acceptors (Lipinski definition) is 6. The van der Waals surface area contributed by atoms with E-state index in [9.17, 15) is 4.79 Å². The molecule has 0 bridgehead atoms. The number of aromatic nitrogens is 2. The first-order valence-corrected chi connectivity index (χ1v) is 11.3. The van der Waals surface area contributed by atoms with Gasteiger partial charge < -0.3 is 19.7 Å². The summed E-state index contributed by atoms with van der Waals surface area (Å²) < 4.78 is 11.0. The first-order chi connectivity index (χ1) is 15.3. The Balaban J connectivity index is 1.48. The lowest BCUT2D eigenvalue weighted by Crippen LogP contribution is -2.52. The number of likely N-dealkylation sites (N-methyl/N-ethyl adjacent to an activating group) is 1. The number of rotatable bonds is 5. The van der Waals surface area contributed by atoms with Gasteiger partial charge in [-0.15, -0.1) is 0 Å². The third kappa shape index (κ3) is 4.44. The fraction of sp³-hybridized carbons (Fsp3) is 0.500. The Morgan fingerprint density at radius 2 is 1.84 bits per heavy atom. The lowest BCUT2D eigenvalue weighted by molar-refractivity contribution is 0.156. The summed E-state index contributed by atoms with van der Waals surface area (Å²) in [6.45, 7) is 1.01. The van der Waals surface area contributed by atoms with E-state index < -0.39 is 0 Å². The van der Waals surface area contributed by atoms with Gasteiger partial charge in [-0.2, -0.15) is 0 Å². The van der Waals surface area contributed by atoms with Gasteiger partial charge in [0.25, 0.3) is 0 Å². The molecule has 2 amide bonds. The van der Waals surface area contributed by atoms with Crippen molar-refractivity contribution in [3.8, 4) is 11.5 Å². The predicted molar refractivity (Wildman–Crippen MR) is 124 cm³/mol. The molecule has 1 aliphatic carbocycles. The molecule has 1 saturated heterocycles. The van der Waals surface area contributed by atoms with Crippen LogP contribution in [0.2, 0.25) is 10.3 Å². The lowest BCUT2D eigenvalue weighted by atomic mass is 9.65. The monoisotopic (exact) mass is 479 g/mol. The summed E-state index contributed by atoms with van der Waals surface area (Å²) in [5, 5.41) is 6.03. The van der Waals surface area contributed by atoms with Crippen molar-refractivity contribution in [3.05, 3.63) is 40.1 Å². The summed E-state index contributed by atoms with van der Waals surface area (Å²) in [6.07, 6.45) is 3.73. The van der Waals surface area contributed by atoms with Crippen molar-refractivity contribution in [2.75, 3.05) is 33.1 Å². The number of hydrogen-bond donors (Lipinski definition) is 2. The summed E-state index contributed by atoms with van der Waals surface area (Å²) in [4.78, 5) is 22.9. The van der Waals surface area contributed by atoms with E-state index in [1.807, 2.05) is 6.07 Å². The molecule has 3 atom stereocenters. The summed E-state index contributed by atoms with van der Waals surface area (Å²) in [5.74, 6) is 1.55. The largest absolute Gasteiger partial charge is 0.493 e. The average molecular weight is 480 g/mol. The fourth-order valence-electron chi connectivity index (χ4n) is 5.16. The maximum absolute atomic E-state index is 12.5. The normalized spacial score (nSPS) is 25.2. The van der Waals surface area contributed by atoms with E-state index in [0.717, 1.165) is 43.7 Å². The van der Waals surface area contributed by atoms with Crippen molar-refractivity contribution in [1.82, 2.24) is 20.2 Å². The van der Waals surface area contributed by atoms with Crippen LogP contribution in [0.4, 0.5) is 10.7 Å². The molecule has 0 radical (unpaired) electrons. The van der Waals surface area contributed by atoms with Crippen molar-refractivity contribution < 1.29 is 14.3 Å². The smallest absolute Gasteiger partial charge is 0.321 e. The maximum atomic E-state index is 12.5. The summed E-state index contributed by atoms with van der Waals surface area (Å²) in [5.41, 5.74) is 1.28. The van der Waals surface area contributed by atoms with Crippen LogP contribution < -0.4 is 20.1 Å². The number of anilines is 1. The number of carbonyl (C=O) groups is 1. The van der Waals surface area contributed by atoms with E-state index >= 15 is 0 Å². The standard InChI is InChI=1S/C22H27Cl2N5O3/c1-29-9-8-22(13-4-5-15(31-2)16(10-13)32-3)7-6-14(11-17(22)29)25-21(30)28-20-26-18(23)12-19(24)27-20/h4-5,10,12,14,17H,6-9,11H2,1-3H3,(H2,25,26,27,28,30)/t14-,17+,22+/m1/s1. The van der Waals surface area contributed by atoms with Crippen LogP contribution >= 0.6 is 23.2 Å². The summed E-state index contributed by atoms with van der Waals surface area (Å²) >= 11 is 11.8. The number of nitrogens with one attached hydrogen (secondary N) is 2. The van der Waals surface area contributed by atoms with Crippen molar-refractivity contribution in [3.63, 3.8) is 0 Å². The van der Waals surface area contributed by atoms with Crippen LogP contribution in [0.1, 0.15) is 31.2 Å². The van der Waals surface area contributed by atoms with Crippen LogP contribution in [0, 0.1) is 0 Å². The number of carbonyl (C=O) groups excluding carboxylic acids is 1. The molecular weight excluding hydrogens is 453 g/mol. The van der Waals surface area contributed by atoms with E-state index in [-0.39, 0.29) is 33.7 Å². The van der Waals surface area contributed by atoms with Crippen molar-refractivity contribution >= 4 is 35.2 Å². The number of fused-ring (bicyclic) bond motifs is 1. The maximum Gasteiger partial charge on any atom is 0.321 e. The van der Waals surface area contributed by atoms with Crippen molar-refractivity contribution in [2.24, 2.45) is 0 Å². The quantitative estimate of drug-likeness (QED) is 0.627. The highest BCUT2D eigenvalue weighted by Gasteiger charge is 2.50. The zero-order chi connectivity index (χ0) is 22.9. The Kier molecular flexibility index (Phi) is 6.65. The third-order valence-corrected chi connectivity index (χ3v) is 7.10. The molecule has 32 heavy (non-hydrogen) atoms. The third-order valence-electron chi connectivity index (χ3n) is 6.71. The highest BCUT2D eigenvalue weighted by atomic mass is 35.5. The number of urea groups is 1. The molecule has 1 aromatic carbocycles.